The molecular weight excluding hydrogens is 366 g/mol. The van der Waals surface area contributed by atoms with Gasteiger partial charge in [0.2, 0.25) is 0 Å². The highest BCUT2D eigenvalue weighted by atomic mass is 16.5. The van der Waals surface area contributed by atoms with Gasteiger partial charge in [-0.25, -0.2) is 9.78 Å². The molecule has 29 heavy (non-hydrogen) atoms. The predicted molar refractivity (Wildman–Crippen MR) is 112 cm³/mol. The molecule has 4 rings (SSSR count). The van der Waals surface area contributed by atoms with Crippen LogP contribution in [0.25, 0.3) is 16.7 Å². The van der Waals surface area contributed by atoms with Gasteiger partial charge in [0.05, 0.1) is 23.7 Å². The fourth-order valence-corrected chi connectivity index (χ4v) is 3.29. The highest BCUT2D eigenvalue weighted by molar-refractivity contribution is 6.06. The number of rotatable bonds is 4. The van der Waals surface area contributed by atoms with Crippen molar-refractivity contribution >= 4 is 28.6 Å². The van der Waals surface area contributed by atoms with E-state index in [0.29, 0.717) is 16.8 Å². The summed E-state index contributed by atoms with van der Waals surface area (Å²) in [7, 11) is 1.32. The Balaban J connectivity index is 1.64. The zero-order valence-electron chi connectivity index (χ0n) is 16.0. The molecule has 144 valence electrons. The van der Waals surface area contributed by atoms with Crippen LogP contribution in [0.2, 0.25) is 0 Å². The van der Waals surface area contributed by atoms with Crippen molar-refractivity contribution in [1.29, 1.82) is 0 Å². The van der Waals surface area contributed by atoms with Gasteiger partial charge in [0, 0.05) is 16.9 Å². The van der Waals surface area contributed by atoms with Crippen molar-refractivity contribution in [3.8, 4) is 5.69 Å². The molecular formula is C23H19N3O3. The summed E-state index contributed by atoms with van der Waals surface area (Å²) in [6.07, 6.45) is 0. The van der Waals surface area contributed by atoms with Gasteiger partial charge in [0.25, 0.3) is 5.91 Å². The van der Waals surface area contributed by atoms with Gasteiger partial charge in [0.15, 0.2) is 0 Å². The molecule has 1 amide bonds. The van der Waals surface area contributed by atoms with Crippen molar-refractivity contribution in [3.05, 3.63) is 89.7 Å². The van der Waals surface area contributed by atoms with E-state index in [1.807, 2.05) is 43.3 Å². The summed E-state index contributed by atoms with van der Waals surface area (Å²) in [5.41, 5.74) is 4.06. The summed E-state index contributed by atoms with van der Waals surface area (Å²) >= 11 is 0. The van der Waals surface area contributed by atoms with E-state index in [0.717, 1.165) is 22.5 Å². The van der Waals surface area contributed by atoms with Gasteiger partial charge in [-0.2, -0.15) is 0 Å². The number of hydrogen-bond donors (Lipinski definition) is 1. The minimum Gasteiger partial charge on any atom is -0.465 e. The number of carbonyl (C=O) groups is 2. The van der Waals surface area contributed by atoms with Crippen LogP contribution >= 0.6 is 0 Å². The number of carbonyl (C=O) groups excluding carboxylic acids is 2. The number of benzene rings is 3. The Bertz CT molecular complexity index is 1210. The Hall–Kier alpha value is -3.93. The number of anilines is 1. The van der Waals surface area contributed by atoms with Crippen LogP contribution in [0.5, 0.6) is 0 Å². The molecule has 6 heteroatoms. The molecule has 3 aromatic carbocycles. The SMILES string of the molecule is COC(=O)c1cccc(NC(=O)c2ccc3c(c2)nc(C)n3-c2ccccc2)c1. The molecule has 0 aliphatic carbocycles. The minimum atomic E-state index is -0.454. The summed E-state index contributed by atoms with van der Waals surface area (Å²) in [5.74, 6) is 0.111. The second kappa shape index (κ2) is 7.59. The van der Waals surface area contributed by atoms with Crippen molar-refractivity contribution in [3.63, 3.8) is 0 Å². The van der Waals surface area contributed by atoms with Crippen molar-refractivity contribution in [2.24, 2.45) is 0 Å². The van der Waals surface area contributed by atoms with Gasteiger partial charge in [-0.1, -0.05) is 24.3 Å². The lowest BCUT2D eigenvalue weighted by atomic mass is 10.1. The molecule has 0 aliphatic rings. The lowest BCUT2D eigenvalue weighted by molar-refractivity contribution is 0.0600. The molecule has 0 saturated heterocycles. The maximum absolute atomic E-state index is 12.7. The number of nitrogens with zero attached hydrogens (tertiary/aromatic N) is 2. The number of aryl methyl sites for hydroxylation is 1. The third-order valence-corrected chi connectivity index (χ3v) is 4.64. The van der Waals surface area contributed by atoms with Gasteiger partial charge in [0.1, 0.15) is 5.82 Å². The summed E-state index contributed by atoms with van der Waals surface area (Å²) in [6, 6.07) is 22.0. The van der Waals surface area contributed by atoms with Gasteiger partial charge in [-0.15, -0.1) is 0 Å². The Kier molecular flexibility index (Phi) is 4.83. The molecule has 0 spiro atoms. The van der Waals surface area contributed by atoms with Crippen LogP contribution in [0.4, 0.5) is 5.69 Å². The Morgan fingerprint density at radius 3 is 2.48 bits per heavy atom. The van der Waals surface area contributed by atoms with E-state index in [1.54, 1.807) is 36.4 Å². The molecule has 0 aliphatic heterocycles. The maximum atomic E-state index is 12.7. The fraction of sp³-hybridized carbons (Fsp3) is 0.0870. The van der Waals surface area contributed by atoms with Crippen molar-refractivity contribution in [1.82, 2.24) is 9.55 Å². The Morgan fingerprint density at radius 1 is 0.931 bits per heavy atom. The molecule has 6 nitrogen and oxygen atoms in total. The number of fused-ring (bicyclic) bond motifs is 1. The molecule has 0 fully saturated rings. The van der Waals surface area contributed by atoms with Gasteiger partial charge < -0.3 is 10.1 Å². The van der Waals surface area contributed by atoms with Crippen LogP contribution in [0, 0.1) is 6.92 Å². The van der Waals surface area contributed by atoms with Crippen LogP contribution in [0.1, 0.15) is 26.5 Å². The number of esters is 1. The molecule has 0 unspecified atom stereocenters. The summed E-state index contributed by atoms with van der Waals surface area (Å²) in [4.78, 5) is 29.0. The normalized spacial score (nSPS) is 10.7. The number of para-hydroxylation sites is 1. The molecule has 0 bridgehead atoms. The van der Waals surface area contributed by atoms with Gasteiger partial charge in [-0.05, 0) is 55.5 Å². The topological polar surface area (TPSA) is 73.2 Å². The van der Waals surface area contributed by atoms with E-state index >= 15 is 0 Å². The molecule has 1 N–H and O–H groups in total. The first kappa shape index (κ1) is 18.4. The lowest BCUT2D eigenvalue weighted by Gasteiger charge is -2.08. The van der Waals surface area contributed by atoms with Gasteiger partial charge in [-0.3, -0.25) is 9.36 Å². The first-order valence-corrected chi connectivity index (χ1v) is 9.11. The summed E-state index contributed by atoms with van der Waals surface area (Å²) in [5, 5.41) is 2.81. The predicted octanol–water partition coefficient (Wildman–Crippen LogP) is 4.37. The average molecular weight is 385 g/mol. The summed E-state index contributed by atoms with van der Waals surface area (Å²) < 4.78 is 6.77. The number of methoxy groups -OCH3 is 1. The highest BCUT2D eigenvalue weighted by Crippen LogP contribution is 2.23. The van der Waals surface area contributed by atoms with Crippen LogP contribution in [-0.4, -0.2) is 28.5 Å². The standard InChI is InChI=1S/C23H19N3O3/c1-15-24-20-14-16(11-12-21(20)26(15)19-9-4-3-5-10-19)22(27)25-18-8-6-7-17(13-18)23(28)29-2/h3-14H,1-2H3,(H,25,27). The molecule has 0 atom stereocenters. The molecule has 0 saturated carbocycles. The second-order valence-corrected chi connectivity index (χ2v) is 6.56. The van der Waals surface area contributed by atoms with E-state index in [-0.39, 0.29) is 5.91 Å². The van der Waals surface area contributed by atoms with Crippen LogP contribution < -0.4 is 5.32 Å². The zero-order valence-corrected chi connectivity index (χ0v) is 16.0. The van der Waals surface area contributed by atoms with Crippen LogP contribution in [0.3, 0.4) is 0 Å². The second-order valence-electron chi connectivity index (χ2n) is 6.56. The molecule has 4 aromatic rings. The number of amides is 1. The smallest absolute Gasteiger partial charge is 0.337 e. The number of imidazole rings is 1. The van der Waals surface area contributed by atoms with E-state index in [2.05, 4.69) is 14.9 Å². The van der Waals surface area contributed by atoms with Gasteiger partial charge >= 0.3 is 5.97 Å². The largest absolute Gasteiger partial charge is 0.465 e. The van der Waals surface area contributed by atoms with Crippen molar-refractivity contribution in [2.45, 2.75) is 6.92 Å². The monoisotopic (exact) mass is 385 g/mol. The first-order valence-electron chi connectivity index (χ1n) is 9.11. The highest BCUT2D eigenvalue weighted by Gasteiger charge is 2.14. The van der Waals surface area contributed by atoms with Crippen LogP contribution in [0.15, 0.2) is 72.8 Å². The number of nitrogens with one attached hydrogen (secondary N) is 1. The fourth-order valence-electron chi connectivity index (χ4n) is 3.29. The minimum absolute atomic E-state index is 0.277. The lowest BCUT2D eigenvalue weighted by Crippen LogP contribution is -2.12. The molecule has 1 heterocycles. The molecule has 1 aromatic heterocycles. The van der Waals surface area contributed by atoms with E-state index in [4.69, 9.17) is 4.74 Å². The quantitative estimate of drug-likeness (QED) is 0.529. The Labute approximate surface area is 167 Å². The number of aromatic nitrogens is 2. The summed E-state index contributed by atoms with van der Waals surface area (Å²) in [6.45, 7) is 1.94. The van der Waals surface area contributed by atoms with Crippen molar-refractivity contribution < 1.29 is 14.3 Å². The van der Waals surface area contributed by atoms with Crippen LogP contribution in [-0.2, 0) is 4.74 Å². The first-order chi connectivity index (χ1) is 14.1. The van der Waals surface area contributed by atoms with E-state index in [9.17, 15) is 9.59 Å². The number of hydrogen-bond acceptors (Lipinski definition) is 4. The Morgan fingerprint density at radius 2 is 1.72 bits per heavy atom. The third-order valence-electron chi connectivity index (χ3n) is 4.64. The van der Waals surface area contributed by atoms with Crippen molar-refractivity contribution in [2.75, 3.05) is 12.4 Å². The van der Waals surface area contributed by atoms with E-state index in [1.165, 1.54) is 7.11 Å². The molecule has 0 radical (unpaired) electrons. The maximum Gasteiger partial charge on any atom is 0.337 e. The average Bonchev–Trinajstić information content (AvgIpc) is 3.08. The third kappa shape index (κ3) is 3.60. The van der Waals surface area contributed by atoms with E-state index < -0.39 is 5.97 Å². The number of ether oxygens (including phenoxy) is 1. The zero-order chi connectivity index (χ0) is 20.4.